The molecule has 0 aliphatic heterocycles. The van der Waals surface area contributed by atoms with Crippen LogP contribution in [-0.2, 0) is 0 Å². The average Bonchev–Trinajstić information content (AvgIpc) is 2.75. The van der Waals surface area contributed by atoms with E-state index in [9.17, 15) is 0 Å². The summed E-state index contributed by atoms with van der Waals surface area (Å²) in [6, 6.07) is 2.18. The fourth-order valence-electron chi connectivity index (χ4n) is 1.67. The van der Waals surface area contributed by atoms with Crippen molar-refractivity contribution in [3.8, 4) is 6.07 Å². The molecule has 1 atom stereocenters. The maximum absolute atomic E-state index is 8.81. The lowest BCUT2D eigenvalue weighted by molar-refractivity contribution is 0.712. The van der Waals surface area contributed by atoms with E-state index in [-0.39, 0.29) is 11.9 Å². The van der Waals surface area contributed by atoms with Crippen molar-refractivity contribution in [3.63, 3.8) is 0 Å². The molecule has 2 aromatic rings. The van der Waals surface area contributed by atoms with Gasteiger partial charge in [-0.2, -0.15) is 20.3 Å². The van der Waals surface area contributed by atoms with Gasteiger partial charge in [0.25, 0.3) is 0 Å². The summed E-state index contributed by atoms with van der Waals surface area (Å²) in [6.07, 6.45) is 1.65. The van der Waals surface area contributed by atoms with E-state index in [1.54, 1.807) is 6.20 Å². The number of fused-ring (bicyclic) bond motifs is 1. The molecule has 0 radical (unpaired) electrons. The molecule has 0 spiro atoms. The number of nitrogens with zero attached hydrogens (tertiary/aromatic N) is 5. The Morgan fingerprint density at radius 1 is 1.59 bits per heavy atom. The molecule has 0 saturated heterocycles. The molecule has 0 aromatic carbocycles. The molecular formula is C10H13N7. The number of nitrogen functional groups attached to an aromatic ring is 1. The van der Waals surface area contributed by atoms with E-state index < -0.39 is 0 Å². The molecule has 17 heavy (non-hydrogen) atoms. The minimum Gasteiger partial charge on any atom is -0.368 e. The number of anilines is 2. The third-order valence-electron chi connectivity index (χ3n) is 2.44. The summed E-state index contributed by atoms with van der Waals surface area (Å²) in [4.78, 5) is 10.1. The number of hydrogen-bond acceptors (Lipinski definition) is 6. The smallest absolute Gasteiger partial charge is 0.224 e. The summed E-state index contributed by atoms with van der Waals surface area (Å²) in [5, 5.41) is 16.3. The monoisotopic (exact) mass is 231 g/mol. The molecule has 7 heteroatoms. The van der Waals surface area contributed by atoms with Gasteiger partial charge in [-0.3, -0.25) is 5.10 Å². The van der Waals surface area contributed by atoms with Crippen LogP contribution in [0.4, 0.5) is 11.8 Å². The number of rotatable bonds is 3. The van der Waals surface area contributed by atoms with Gasteiger partial charge in [0.1, 0.15) is 5.82 Å². The van der Waals surface area contributed by atoms with Crippen molar-refractivity contribution in [2.24, 2.45) is 5.92 Å². The second-order valence-electron chi connectivity index (χ2n) is 3.95. The molecule has 0 unspecified atom stereocenters. The van der Waals surface area contributed by atoms with Crippen LogP contribution in [0.1, 0.15) is 6.92 Å². The van der Waals surface area contributed by atoms with E-state index >= 15 is 0 Å². The van der Waals surface area contributed by atoms with Gasteiger partial charge < -0.3 is 10.6 Å². The van der Waals surface area contributed by atoms with Crippen LogP contribution in [0, 0.1) is 17.2 Å². The third kappa shape index (κ3) is 2.10. The van der Waals surface area contributed by atoms with Gasteiger partial charge in [-0.05, 0) is 6.92 Å². The van der Waals surface area contributed by atoms with Crippen molar-refractivity contribution in [1.82, 2.24) is 20.2 Å². The number of nitrogens with one attached hydrogen (secondary N) is 1. The van der Waals surface area contributed by atoms with Gasteiger partial charge in [-0.25, -0.2) is 0 Å². The molecule has 0 aliphatic rings. The number of aromatic amines is 1. The van der Waals surface area contributed by atoms with Gasteiger partial charge in [0.05, 0.1) is 23.6 Å². The van der Waals surface area contributed by atoms with Gasteiger partial charge in [-0.15, -0.1) is 0 Å². The van der Waals surface area contributed by atoms with Gasteiger partial charge in [0, 0.05) is 13.6 Å². The summed E-state index contributed by atoms with van der Waals surface area (Å²) in [6.45, 7) is 2.43. The minimum atomic E-state index is -0.0851. The van der Waals surface area contributed by atoms with E-state index in [1.165, 1.54) is 0 Å². The Kier molecular flexibility index (Phi) is 2.78. The number of hydrogen-bond donors (Lipinski definition) is 2. The highest BCUT2D eigenvalue weighted by Crippen LogP contribution is 2.22. The Morgan fingerprint density at radius 2 is 2.35 bits per heavy atom. The number of H-pyrrole nitrogens is 1. The van der Waals surface area contributed by atoms with Crippen molar-refractivity contribution >= 4 is 22.8 Å². The molecule has 3 N–H and O–H groups in total. The minimum absolute atomic E-state index is 0.0851. The highest BCUT2D eigenvalue weighted by molar-refractivity contribution is 5.87. The third-order valence-corrected chi connectivity index (χ3v) is 2.44. The Hall–Kier alpha value is -2.36. The van der Waals surface area contributed by atoms with Gasteiger partial charge in [-0.1, -0.05) is 0 Å². The lowest BCUT2D eigenvalue weighted by atomic mass is 10.2. The zero-order valence-electron chi connectivity index (χ0n) is 9.68. The maximum Gasteiger partial charge on any atom is 0.224 e. The molecule has 88 valence electrons. The molecule has 2 aromatic heterocycles. The molecule has 2 rings (SSSR count). The van der Waals surface area contributed by atoms with Gasteiger partial charge in [0.2, 0.25) is 5.95 Å². The molecule has 0 fully saturated rings. The number of nitriles is 1. The topological polar surface area (TPSA) is 108 Å². The average molecular weight is 231 g/mol. The Morgan fingerprint density at radius 3 is 3.06 bits per heavy atom. The summed E-state index contributed by atoms with van der Waals surface area (Å²) in [5.74, 6) is 0.787. The normalized spacial score (nSPS) is 12.3. The first-order chi connectivity index (χ1) is 8.11. The first-order valence-electron chi connectivity index (χ1n) is 5.19. The fourth-order valence-corrected chi connectivity index (χ4v) is 1.67. The maximum atomic E-state index is 8.81. The van der Waals surface area contributed by atoms with Crippen molar-refractivity contribution in [1.29, 1.82) is 5.26 Å². The predicted molar refractivity (Wildman–Crippen MR) is 64.1 cm³/mol. The van der Waals surface area contributed by atoms with Crippen LogP contribution in [0.25, 0.3) is 11.0 Å². The summed E-state index contributed by atoms with van der Waals surface area (Å²) in [5.41, 5.74) is 6.22. The standard InChI is InChI=1S/C10H13N7/c1-6(3-11)5-17(2)9-7-4-13-16-8(7)14-10(12)15-9/h4,6H,5H2,1-2H3,(H3,12,13,14,15,16)/t6-/m1/s1. The van der Waals surface area contributed by atoms with E-state index in [2.05, 4.69) is 26.2 Å². The lowest BCUT2D eigenvalue weighted by Gasteiger charge is -2.19. The highest BCUT2D eigenvalue weighted by atomic mass is 15.2. The van der Waals surface area contributed by atoms with E-state index in [0.29, 0.717) is 18.0 Å². The van der Waals surface area contributed by atoms with E-state index in [1.807, 2.05) is 18.9 Å². The quantitative estimate of drug-likeness (QED) is 0.797. The Bertz CT molecular complexity index is 568. The van der Waals surface area contributed by atoms with Gasteiger partial charge in [0.15, 0.2) is 5.65 Å². The predicted octanol–water partition coefficient (Wildman–Crippen LogP) is 0.531. The largest absolute Gasteiger partial charge is 0.368 e. The van der Waals surface area contributed by atoms with Crippen LogP contribution in [-0.4, -0.2) is 33.8 Å². The second kappa shape index (κ2) is 4.25. The summed E-state index contributed by atoms with van der Waals surface area (Å²) < 4.78 is 0. The summed E-state index contributed by atoms with van der Waals surface area (Å²) in [7, 11) is 1.86. The van der Waals surface area contributed by atoms with Crippen LogP contribution in [0.2, 0.25) is 0 Å². The fraction of sp³-hybridized carbons (Fsp3) is 0.400. The highest BCUT2D eigenvalue weighted by Gasteiger charge is 2.14. The molecule has 0 bridgehead atoms. The molecule has 2 heterocycles. The SMILES string of the molecule is C[C@H](C#N)CN(C)c1nc(N)nc2[nH]ncc12. The van der Waals surface area contributed by atoms with Crippen LogP contribution in [0.5, 0.6) is 0 Å². The van der Waals surface area contributed by atoms with Gasteiger partial charge >= 0.3 is 0 Å². The molecule has 0 amide bonds. The number of aromatic nitrogens is 4. The number of nitrogens with two attached hydrogens (primary N) is 1. The molecule has 0 aliphatic carbocycles. The van der Waals surface area contributed by atoms with Crippen LogP contribution in [0.3, 0.4) is 0 Å². The van der Waals surface area contributed by atoms with Crippen LogP contribution < -0.4 is 10.6 Å². The Labute approximate surface area is 98.3 Å². The lowest BCUT2D eigenvalue weighted by Crippen LogP contribution is -2.24. The molecular weight excluding hydrogens is 218 g/mol. The molecule has 7 nitrogen and oxygen atoms in total. The zero-order valence-corrected chi connectivity index (χ0v) is 9.68. The Balaban J connectivity index is 2.40. The first kappa shape index (κ1) is 11.1. The van der Waals surface area contributed by atoms with Crippen molar-refractivity contribution < 1.29 is 0 Å². The van der Waals surface area contributed by atoms with Crippen LogP contribution in [0.15, 0.2) is 6.20 Å². The van der Waals surface area contributed by atoms with E-state index in [4.69, 9.17) is 11.0 Å². The first-order valence-corrected chi connectivity index (χ1v) is 5.19. The zero-order chi connectivity index (χ0) is 12.4. The summed E-state index contributed by atoms with van der Waals surface area (Å²) >= 11 is 0. The van der Waals surface area contributed by atoms with Crippen LogP contribution >= 0.6 is 0 Å². The van der Waals surface area contributed by atoms with Crippen molar-refractivity contribution in [2.45, 2.75) is 6.92 Å². The van der Waals surface area contributed by atoms with Crippen molar-refractivity contribution in [3.05, 3.63) is 6.20 Å². The molecule has 0 saturated carbocycles. The van der Waals surface area contributed by atoms with E-state index in [0.717, 1.165) is 5.39 Å². The second-order valence-corrected chi connectivity index (χ2v) is 3.95. The van der Waals surface area contributed by atoms with Crippen molar-refractivity contribution in [2.75, 3.05) is 24.2 Å².